The first kappa shape index (κ1) is 16.3. The summed E-state index contributed by atoms with van der Waals surface area (Å²) in [4.78, 5) is 2.47. The highest BCUT2D eigenvalue weighted by molar-refractivity contribution is 5.83. The van der Waals surface area contributed by atoms with Crippen molar-refractivity contribution in [1.82, 2.24) is 10.2 Å². The molecule has 2 N–H and O–H groups in total. The van der Waals surface area contributed by atoms with Crippen LogP contribution >= 0.6 is 0 Å². The first-order valence-corrected chi connectivity index (χ1v) is 10.1. The van der Waals surface area contributed by atoms with E-state index in [9.17, 15) is 5.11 Å². The number of likely N-dealkylation sites (tertiary alicyclic amines) is 1. The average molecular weight is 348 g/mol. The summed E-state index contributed by atoms with van der Waals surface area (Å²) in [6, 6.07) is 7.00. The standard InChI is InChI=1S/C23H28N2O/c1-15-19-4-2-3-5-21(19)22-13-17-12-16(6-7-20(17)23(22)24-15)14-25-10-8-18(26)9-11-25/h6-7,12,18,24,26H,1-5,8-11,13-14H2. The fourth-order valence-electron chi connectivity index (χ4n) is 5.11. The fourth-order valence-corrected chi connectivity index (χ4v) is 5.11. The molecule has 2 aliphatic heterocycles. The maximum Gasteiger partial charge on any atom is 0.0564 e. The Balaban J connectivity index is 1.39. The summed E-state index contributed by atoms with van der Waals surface area (Å²) in [5, 5.41) is 13.3. The number of hydrogen-bond acceptors (Lipinski definition) is 3. The van der Waals surface area contributed by atoms with Gasteiger partial charge in [-0.2, -0.15) is 0 Å². The molecule has 2 heterocycles. The molecule has 1 saturated heterocycles. The second kappa shape index (κ2) is 6.40. The molecule has 0 bridgehead atoms. The predicted octanol–water partition coefficient (Wildman–Crippen LogP) is 3.90. The van der Waals surface area contributed by atoms with Crippen LogP contribution in [0.5, 0.6) is 0 Å². The van der Waals surface area contributed by atoms with Crippen molar-refractivity contribution in [3.63, 3.8) is 0 Å². The van der Waals surface area contributed by atoms with Crippen LogP contribution in [0.2, 0.25) is 0 Å². The summed E-state index contributed by atoms with van der Waals surface area (Å²) >= 11 is 0. The molecule has 0 aromatic heterocycles. The third-order valence-electron chi connectivity index (χ3n) is 6.54. The van der Waals surface area contributed by atoms with E-state index in [4.69, 9.17) is 0 Å². The van der Waals surface area contributed by atoms with Gasteiger partial charge < -0.3 is 10.4 Å². The maximum absolute atomic E-state index is 9.70. The smallest absolute Gasteiger partial charge is 0.0564 e. The number of aliphatic hydroxyl groups is 1. The molecule has 3 heteroatoms. The number of dihydropyridines is 1. The van der Waals surface area contributed by atoms with Crippen molar-refractivity contribution in [2.45, 2.75) is 57.6 Å². The highest BCUT2D eigenvalue weighted by atomic mass is 16.3. The van der Waals surface area contributed by atoms with Crippen LogP contribution in [0, 0.1) is 0 Å². The molecule has 0 spiro atoms. The normalized spacial score (nSPS) is 23.7. The minimum Gasteiger partial charge on any atom is -0.393 e. The van der Waals surface area contributed by atoms with Crippen LogP contribution in [0.1, 0.15) is 55.2 Å². The molecule has 0 saturated carbocycles. The van der Waals surface area contributed by atoms with E-state index in [-0.39, 0.29) is 6.10 Å². The van der Waals surface area contributed by atoms with Crippen molar-refractivity contribution in [2.24, 2.45) is 0 Å². The minimum absolute atomic E-state index is 0.0978. The van der Waals surface area contributed by atoms with E-state index >= 15 is 0 Å². The van der Waals surface area contributed by atoms with Crippen molar-refractivity contribution in [3.8, 4) is 0 Å². The van der Waals surface area contributed by atoms with Gasteiger partial charge in [0.1, 0.15) is 0 Å². The zero-order chi connectivity index (χ0) is 17.7. The zero-order valence-electron chi connectivity index (χ0n) is 15.5. The number of benzene rings is 1. The molecule has 0 amide bonds. The van der Waals surface area contributed by atoms with Gasteiger partial charge in [0.25, 0.3) is 0 Å². The monoisotopic (exact) mass is 348 g/mol. The van der Waals surface area contributed by atoms with Crippen LogP contribution in [0.3, 0.4) is 0 Å². The lowest BCUT2D eigenvalue weighted by Crippen LogP contribution is -2.35. The van der Waals surface area contributed by atoms with E-state index in [1.54, 1.807) is 5.57 Å². The Bertz CT molecular complexity index is 825. The van der Waals surface area contributed by atoms with E-state index < -0.39 is 0 Å². The van der Waals surface area contributed by atoms with Crippen LogP contribution in [-0.2, 0) is 13.0 Å². The van der Waals surface area contributed by atoms with E-state index in [0.29, 0.717) is 0 Å². The lowest BCUT2D eigenvalue weighted by atomic mass is 9.83. The minimum atomic E-state index is -0.0978. The molecule has 5 rings (SSSR count). The second-order valence-corrected chi connectivity index (χ2v) is 8.30. The van der Waals surface area contributed by atoms with E-state index in [1.807, 2.05) is 0 Å². The lowest BCUT2D eigenvalue weighted by molar-refractivity contribution is 0.0792. The SMILES string of the molecule is C=C1NC2=C(Cc3cc(CN4CCC(O)CC4)ccc32)C2=C1CCCC2. The van der Waals surface area contributed by atoms with Gasteiger partial charge in [0.15, 0.2) is 0 Å². The Hall–Kier alpha value is -1.84. The number of allylic oxidation sites excluding steroid dienone is 3. The van der Waals surface area contributed by atoms with Crippen LogP contribution in [0.15, 0.2) is 47.2 Å². The average Bonchev–Trinajstić information content (AvgIpc) is 3.02. The Morgan fingerprint density at radius 2 is 1.85 bits per heavy atom. The molecular formula is C23H28N2O. The summed E-state index contributed by atoms with van der Waals surface area (Å²) < 4.78 is 0. The highest BCUT2D eigenvalue weighted by Crippen LogP contribution is 2.45. The van der Waals surface area contributed by atoms with Crippen molar-refractivity contribution < 1.29 is 5.11 Å². The first-order valence-electron chi connectivity index (χ1n) is 10.1. The topological polar surface area (TPSA) is 35.5 Å². The number of fused-ring (bicyclic) bond motifs is 3. The molecule has 0 unspecified atom stereocenters. The second-order valence-electron chi connectivity index (χ2n) is 8.30. The summed E-state index contributed by atoms with van der Waals surface area (Å²) in [6.07, 6.45) is 7.78. The third-order valence-corrected chi connectivity index (χ3v) is 6.54. The van der Waals surface area contributed by atoms with Crippen LogP contribution in [0.4, 0.5) is 0 Å². The molecule has 0 atom stereocenters. The number of aliphatic hydroxyl groups excluding tert-OH is 1. The number of nitrogens with one attached hydrogen (secondary N) is 1. The molecule has 1 fully saturated rings. The number of nitrogens with zero attached hydrogens (tertiary/aromatic N) is 1. The van der Waals surface area contributed by atoms with Gasteiger partial charge in [0, 0.05) is 43.0 Å². The molecule has 1 aromatic rings. The molecule has 1 aromatic carbocycles. The first-order chi connectivity index (χ1) is 12.7. The van der Waals surface area contributed by atoms with Crippen LogP contribution < -0.4 is 5.32 Å². The summed E-state index contributed by atoms with van der Waals surface area (Å²) in [6.45, 7) is 7.31. The molecule has 0 radical (unpaired) electrons. The Kier molecular flexibility index (Phi) is 4.02. The van der Waals surface area contributed by atoms with Gasteiger partial charge in [-0.15, -0.1) is 0 Å². The summed E-state index contributed by atoms with van der Waals surface area (Å²) in [7, 11) is 0. The Morgan fingerprint density at radius 1 is 1.08 bits per heavy atom. The zero-order valence-corrected chi connectivity index (χ0v) is 15.5. The van der Waals surface area contributed by atoms with Crippen LogP contribution in [-0.4, -0.2) is 29.2 Å². The van der Waals surface area contributed by atoms with Gasteiger partial charge in [-0.05, 0) is 66.4 Å². The molecule has 26 heavy (non-hydrogen) atoms. The van der Waals surface area contributed by atoms with Gasteiger partial charge in [0.2, 0.25) is 0 Å². The van der Waals surface area contributed by atoms with Crippen molar-refractivity contribution in [1.29, 1.82) is 0 Å². The van der Waals surface area contributed by atoms with Gasteiger partial charge in [0.05, 0.1) is 6.10 Å². The van der Waals surface area contributed by atoms with Crippen molar-refractivity contribution >= 4 is 5.70 Å². The largest absolute Gasteiger partial charge is 0.393 e. The molecule has 4 aliphatic rings. The molecular weight excluding hydrogens is 320 g/mol. The summed E-state index contributed by atoms with van der Waals surface area (Å²) in [5.41, 5.74) is 11.3. The van der Waals surface area contributed by atoms with E-state index in [0.717, 1.165) is 44.6 Å². The van der Waals surface area contributed by atoms with Gasteiger partial charge in [-0.25, -0.2) is 0 Å². The number of piperidine rings is 1. The maximum atomic E-state index is 9.70. The number of hydrogen-bond donors (Lipinski definition) is 2. The van der Waals surface area contributed by atoms with Crippen LogP contribution in [0.25, 0.3) is 5.70 Å². The highest BCUT2D eigenvalue weighted by Gasteiger charge is 2.31. The number of rotatable bonds is 2. The molecule has 136 valence electrons. The third kappa shape index (κ3) is 2.74. The quantitative estimate of drug-likeness (QED) is 0.851. The van der Waals surface area contributed by atoms with E-state index in [1.165, 1.54) is 59.2 Å². The Labute approximate surface area is 156 Å². The van der Waals surface area contributed by atoms with Gasteiger partial charge in [-0.3, -0.25) is 4.90 Å². The van der Waals surface area contributed by atoms with Gasteiger partial charge >= 0.3 is 0 Å². The fraction of sp³-hybridized carbons (Fsp3) is 0.478. The lowest BCUT2D eigenvalue weighted by Gasteiger charge is -2.30. The van der Waals surface area contributed by atoms with E-state index in [2.05, 4.69) is 35.0 Å². The Morgan fingerprint density at radius 3 is 2.65 bits per heavy atom. The molecule has 3 nitrogen and oxygen atoms in total. The molecule has 2 aliphatic carbocycles. The van der Waals surface area contributed by atoms with Gasteiger partial charge in [-0.1, -0.05) is 24.8 Å². The predicted molar refractivity (Wildman–Crippen MR) is 105 cm³/mol. The van der Waals surface area contributed by atoms with Crippen molar-refractivity contribution in [3.05, 3.63) is 63.9 Å². The summed E-state index contributed by atoms with van der Waals surface area (Å²) in [5.74, 6) is 0. The van der Waals surface area contributed by atoms with Crippen molar-refractivity contribution in [2.75, 3.05) is 13.1 Å².